The quantitative estimate of drug-likeness (QED) is 0.165. The molecule has 38 heavy (non-hydrogen) atoms. The molecule has 0 unspecified atom stereocenters. The van der Waals surface area contributed by atoms with Gasteiger partial charge < -0.3 is 24.8 Å². The van der Waals surface area contributed by atoms with E-state index >= 15 is 0 Å². The van der Waals surface area contributed by atoms with E-state index in [2.05, 4.69) is 10.6 Å². The van der Waals surface area contributed by atoms with Crippen molar-refractivity contribution in [1.29, 1.82) is 0 Å². The first-order valence-electron chi connectivity index (χ1n) is 11.7. The number of hydrogen-bond acceptors (Lipinski definition) is 8. The zero-order valence-electron chi connectivity index (χ0n) is 22.0. The van der Waals surface area contributed by atoms with Gasteiger partial charge in [0.15, 0.2) is 5.78 Å². The average molecular weight is 515 g/mol. The summed E-state index contributed by atoms with van der Waals surface area (Å²) >= 11 is 0. The van der Waals surface area contributed by atoms with Gasteiger partial charge in [-0.3, -0.25) is 4.79 Å². The topological polar surface area (TPSA) is 103 Å². The zero-order chi connectivity index (χ0) is 27.7. The van der Waals surface area contributed by atoms with Gasteiger partial charge in [0, 0.05) is 23.0 Å². The normalized spacial score (nSPS) is 10.7. The number of Topliss-reactive ketones (excluding diaryl/α,β-unsaturated/α-hetero) is 1. The summed E-state index contributed by atoms with van der Waals surface area (Å²) in [6, 6.07) is 21.4. The predicted molar refractivity (Wildman–Crippen MR) is 146 cm³/mol. The van der Waals surface area contributed by atoms with Crippen molar-refractivity contribution in [2.75, 3.05) is 32.0 Å². The van der Waals surface area contributed by atoms with Crippen molar-refractivity contribution in [2.45, 2.75) is 13.8 Å². The summed E-state index contributed by atoms with van der Waals surface area (Å²) in [6.07, 6.45) is 0.941. The molecule has 0 aliphatic rings. The van der Waals surface area contributed by atoms with Crippen LogP contribution < -0.4 is 15.4 Å². The molecular weight excluding hydrogens is 484 g/mol. The monoisotopic (exact) mass is 514 g/mol. The van der Waals surface area contributed by atoms with Crippen molar-refractivity contribution in [2.24, 2.45) is 0 Å². The fraction of sp³-hybridized carbons (Fsp3) is 0.167. The number of ether oxygens (including phenoxy) is 3. The summed E-state index contributed by atoms with van der Waals surface area (Å²) in [4.78, 5) is 39.3. The molecule has 0 saturated heterocycles. The zero-order valence-corrected chi connectivity index (χ0v) is 22.0. The minimum atomic E-state index is -0.888. The maximum absolute atomic E-state index is 14.0. The van der Waals surface area contributed by atoms with Crippen LogP contribution >= 0.6 is 0 Å². The molecule has 0 spiro atoms. The summed E-state index contributed by atoms with van der Waals surface area (Å²) in [5.41, 5.74) is 3.24. The lowest BCUT2D eigenvalue weighted by atomic mass is 9.95. The number of nitrogens with one attached hydrogen (secondary N) is 2. The van der Waals surface area contributed by atoms with Gasteiger partial charge >= 0.3 is 11.9 Å². The van der Waals surface area contributed by atoms with Crippen LogP contribution in [0.25, 0.3) is 0 Å². The fourth-order valence-corrected chi connectivity index (χ4v) is 3.50. The first-order valence-corrected chi connectivity index (χ1v) is 11.7. The Bertz CT molecular complexity index is 1310. The molecule has 8 nitrogen and oxygen atoms in total. The van der Waals surface area contributed by atoms with Gasteiger partial charge in [0.2, 0.25) is 0 Å². The van der Waals surface area contributed by atoms with Crippen molar-refractivity contribution in [3.8, 4) is 5.75 Å². The number of esters is 2. The lowest BCUT2D eigenvalue weighted by Crippen LogP contribution is -2.23. The molecule has 0 fully saturated rings. The molecule has 0 radical (unpaired) electrons. The van der Waals surface area contributed by atoms with E-state index in [4.69, 9.17) is 14.2 Å². The second kappa shape index (κ2) is 12.9. The van der Waals surface area contributed by atoms with Gasteiger partial charge in [-0.1, -0.05) is 35.4 Å². The molecule has 0 bridgehead atoms. The highest BCUT2D eigenvalue weighted by atomic mass is 16.5. The van der Waals surface area contributed by atoms with E-state index in [-0.39, 0.29) is 22.5 Å². The Morgan fingerprint density at radius 3 is 1.61 bits per heavy atom. The number of ketones is 1. The molecule has 3 rings (SSSR count). The molecule has 0 atom stereocenters. The lowest BCUT2D eigenvalue weighted by molar-refractivity contribution is -0.138. The number of benzene rings is 3. The Labute approximate surface area is 221 Å². The number of rotatable bonds is 10. The van der Waals surface area contributed by atoms with Crippen LogP contribution in [-0.2, 0) is 19.1 Å². The first kappa shape index (κ1) is 27.7. The molecule has 0 heterocycles. The standard InChI is InChI=1S/C30H30N2O6/c1-19-6-12-22(13-7-19)31-29(32-23-14-8-20(2)9-15-23)27(25(30(35)38-5)18-26(33)37-4)28(34)21-10-16-24(36-3)17-11-21/h6-18,31-32H,1-5H3/b25-18-. The van der Waals surface area contributed by atoms with Gasteiger partial charge in [0.25, 0.3) is 0 Å². The van der Waals surface area contributed by atoms with Crippen LogP contribution in [0.5, 0.6) is 5.75 Å². The Kier molecular flexibility index (Phi) is 9.42. The Hall–Kier alpha value is -4.85. The van der Waals surface area contributed by atoms with Crippen molar-refractivity contribution in [3.63, 3.8) is 0 Å². The Morgan fingerprint density at radius 1 is 0.684 bits per heavy atom. The van der Waals surface area contributed by atoms with Crippen molar-refractivity contribution < 1.29 is 28.6 Å². The Balaban J connectivity index is 2.31. The van der Waals surface area contributed by atoms with Crippen LogP contribution in [-0.4, -0.2) is 39.1 Å². The molecule has 3 aromatic rings. The smallest absolute Gasteiger partial charge is 0.339 e. The second-order valence-corrected chi connectivity index (χ2v) is 8.36. The third-order valence-electron chi connectivity index (χ3n) is 5.61. The highest BCUT2D eigenvalue weighted by molar-refractivity contribution is 6.19. The van der Waals surface area contributed by atoms with E-state index in [9.17, 15) is 14.4 Å². The molecule has 2 N–H and O–H groups in total. The maximum atomic E-state index is 14.0. The van der Waals surface area contributed by atoms with E-state index in [1.807, 2.05) is 62.4 Å². The summed E-state index contributed by atoms with van der Waals surface area (Å²) in [5.74, 6) is -1.53. The molecule has 0 amide bonds. The molecule has 196 valence electrons. The number of methoxy groups -OCH3 is 3. The van der Waals surface area contributed by atoms with E-state index in [1.165, 1.54) is 21.3 Å². The van der Waals surface area contributed by atoms with Gasteiger partial charge in [-0.25, -0.2) is 9.59 Å². The predicted octanol–water partition coefficient (Wildman–Crippen LogP) is 5.20. The number of carbonyl (C=O) groups excluding carboxylic acids is 3. The average Bonchev–Trinajstić information content (AvgIpc) is 2.94. The summed E-state index contributed by atoms with van der Waals surface area (Å²) in [5, 5.41) is 6.43. The highest BCUT2D eigenvalue weighted by Crippen LogP contribution is 2.26. The molecule has 0 aliphatic heterocycles. The number of hydrogen-bond donors (Lipinski definition) is 2. The third-order valence-corrected chi connectivity index (χ3v) is 5.61. The van der Waals surface area contributed by atoms with Gasteiger partial charge in [0.05, 0.1) is 32.5 Å². The molecule has 0 aliphatic carbocycles. The van der Waals surface area contributed by atoms with Crippen LogP contribution in [0.2, 0.25) is 0 Å². The lowest BCUT2D eigenvalue weighted by Gasteiger charge is -2.20. The van der Waals surface area contributed by atoms with Crippen molar-refractivity contribution >= 4 is 29.1 Å². The first-order chi connectivity index (χ1) is 18.2. The SMILES string of the molecule is COC(=O)/C=C(\C(=O)OC)C(C(=O)c1ccc(OC)cc1)=C(Nc1ccc(C)cc1)Nc1ccc(C)cc1. The molecule has 0 aromatic heterocycles. The minimum absolute atomic E-state index is 0.117. The third kappa shape index (κ3) is 7.10. The fourth-order valence-electron chi connectivity index (χ4n) is 3.50. The summed E-state index contributed by atoms with van der Waals surface area (Å²) < 4.78 is 14.9. The van der Waals surface area contributed by atoms with E-state index in [1.54, 1.807) is 24.3 Å². The van der Waals surface area contributed by atoms with Crippen LogP contribution in [0.15, 0.2) is 95.8 Å². The highest BCUT2D eigenvalue weighted by Gasteiger charge is 2.28. The Morgan fingerprint density at radius 2 is 1.18 bits per heavy atom. The summed E-state index contributed by atoms with van der Waals surface area (Å²) in [7, 11) is 3.87. The van der Waals surface area contributed by atoms with E-state index in [0.717, 1.165) is 17.2 Å². The van der Waals surface area contributed by atoms with Crippen molar-refractivity contribution in [3.05, 3.63) is 113 Å². The van der Waals surface area contributed by atoms with E-state index < -0.39 is 17.7 Å². The van der Waals surface area contributed by atoms with Gasteiger partial charge in [-0.2, -0.15) is 0 Å². The number of carbonyl (C=O) groups is 3. The van der Waals surface area contributed by atoms with Gasteiger partial charge in [-0.15, -0.1) is 0 Å². The second-order valence-electron chi connectivity index (χ2n) is 8.36. The van der Waals surface area contributed by atoms with Crippen molar-refractivity contribution in [1.82, 2.24) is 0 Å². The molecular formula is C30H30N2O6. The van der Waals surface area contributed by atoms with Crippen LogP contribution in [0, 0.1) is 13.8 Å². The number of anilines is 2. The van der Waals surface area contributed by atoms with Gasteiger partial charge in [0.1, 0.15) is 11.6 Å². The van der Waals surface area contributed by atoms with Crippen LogP contribution in [0.3, 0.4) is 0 Å². The largest absolute Gasteiger partial charge is 0.497 e. The minimum Gasteiger partial charge on any atom is -0.497 e. The molecule has 8 heteroatoms. The van der Waals surface area contributed by atoms with Crippen LogP contribution in [0.1, 0.15) is 21.5 Å². The molecule has 0 saturated carbocycles. The van der Waals surface area contributed by atoms with E-state index in [0.29, 0.717) is 17.1 Å². The van der Waals surface area contributed by atoms with Gasteiger partial charge in [-0.05, 0) is 62.4 Å². The summed E-state index contributed by atoms with van der Waals surface area (Å²) in [6.45, 7) is 3.91. The van der Waals surface area contributed by atoms with Crippen LogP contribution in [0.4, 0.5) is 11.4 Å². The molecule has 3 aromatic carbocycles. The number of aryl methyl sites for hydroxylation is 2. The maximum Gasteiger partial charge on any atom is 0.339 e.